The molecule has 0 aliphatic carbocycles. The Bertz CT molecular complexity index is 627. The minimum atomic E-state index is -3.86. The summed E-state index contributed by atoms with van der Waals surface area (Å²) in [5, 5.41) is 9.85. The van der Waals surface area contributed by atoms with Crippen LogP contribution in [0, 0.1) is 6.92 Å². The van der Waals surface area contributed by atoms with Gasteiger partial charge in [-0.3, -0.25) is 9.59 Å². The maximum atomic E-state index is 11.6. The summed E-state index contributed by atoms with van der Waals surface area (Å²) in [5.41, 5.74) is 5.71. The van der Waals surface area contributed by atoms with E-state index in [4.69, 9.17) is 10.9 Å². The average molecular weight is 300 g/mol. The van der Waals surface area contributed by atoms with Crippen LogP contribution in [0.15, 0.2) is 23.1 Å². The highest BCUT2D eigenvalue weighted by atomic mass is 32.2. The number of carbonyl (C=O) groups is 2. The van der Waals surface area contributed by atoms with E-state index in [0.717, 1.165) is 0 Å². The van der Waals surface area contributed by atoms with Crippen molar-refractivity contribution in [3.8, 4) is 0 Å². The Hall–Kier alpha value is -1.97. The first-order valence-corrected chi connectivity index (χ1v) is 7.19. The Kier molecular flexibility index (Phi) is 5.19. The fourth-order valence-electron chi connectivity index (χ4n) is 1.50. The number of benzene rings is 1. The van der Waals surface area contributed by atoms with Crippen LogP contribution in [-0.4, -0.2) is 33.3 Å². The van der Waals surface area contributed by atoms with Crippen LogP contribution in [-0.2, 0) is 19.6 Å². The summed E-state index contributed by atoms with van der Waals surface area (Å²) in [7, 11) is -3.86. The van der Waals surface area contributed by atoms with E-state index in [-0.39, 0.29) is 18.0 Å². The molecule has 8 nitrogen and oxygen atoms in total. The van der Waals surface area contributed by atoms with Crippen LogP contribution in [0.1, 0.15) is 5.56 Å². The van der Waals surface area contributed by atoms with Crippen molar-refractivity contribution in [2.45, 2.75) is 11.8 Å². The van der Waals surface area contributed by atoms with Gasteiger partial charge in [0.05, 0.1) is 18.0 Å². The lowest BCUT2D eigenvalue weighted by Gasteiger charge is -2.11. The molecule has 9 heteroatoms. The van der Waals surface area contributed by atoms with Gasteiger partial charge in [-0.05, 0) is 24.6 Å². The number of rotatable bonds is 5. The van der Waals surface area contributed by atoms with Crippen LogP contribution in [0.3, 0.4) is 0 Å². The monoisotopic (exact) mass is 300 g/mol. The molecule has 2 amide bonds. The first-order valence-electron chi connectivity index (χ1n) is 5.64. The van der Waals surface area contributed by atoms with Crippen molar-refractivity contribution in [1.82, 2.24) is 5.32 Å². The second kappa shape index (κ2) is 6.46. The molecule has 110 valence electrons. The highest BCUT2D eigenvalue weighted by Crippen LogP contribution is 2.21. The van der Waals surface area contributed by atoms with E-state index in [9.17, 15) is 18.0 Å². The zero-order valence-corrected chi connectivity index (χ0v) is 11.7. The molecule has 6 N–H and O–H groups in total. The Labute approximate surface area is 116 Å². The Morgan fingerprint density at radius 1 is 1.25 bits per heavy atom. The predicted molar refractivity (Wildman–Crippen MR) is 73.2 cm³/mol. The summed E-state index contributed by atoms with van der Waals surface area (Å²) in [6.07, 6.45) is 0. The van der Waals surface area contributed by atoms with Gasteiger partial charge in [0.25, 0.3) is 0 Å². The number of hydrogen-bond acceptors (Lipinski definition) is 5. The number of nitrogens with two attached hydrogens (primary N) is 2. The molecule has 0 unspecified atom stereocenters. The largest absolute Gasteiger partial charge is 0.346 e. The molecule has 1 rings (SSSR count). The minimum absolute atomic E-state index is 0.0682. The molecule has 0 saturated heterocycles. The van der Waals surface area contributed by atoms with E-state index in [1.165, 1.54) is 25.1 Å². The molecule has 0 spiro atoms. The second-order valence-corrected chi connectivity index (χ2v) is 5.53. The smallest absolute Gasteiger partial charge is 0.243 e. The third kappa shape index (κ3) is 4.30. The van der Waals surface area contributed by atoms with Crippen LogP contribution < -0.4 is 21.5 Å². The normalized spacial score (nSPS) is 10.9. The lowest BCUT2D eigenvalue weighted by Crippen LogP contribution is -2.36. The van der Waals surface area contributed by atoms with Crippen molar-refractivity contribution in [3.63, 3.8) is 0 Å². The topological polar surface area (TPSA) is 144 Å². The summed E-state index contributed by atoms with van der Waals surface area (Å²) in [5.74, 6) is -0.961. The number of amides is 2. The van der Waals surface area contributed by atoms with Crippen LogP contribution in [0.25, 0.3) is 0 Å². The van der Waals surface area contributed by atoms with Gasteiger partial charge < -0.3 is 16.4 Å². The van der Waals surface area contributed by atoms with Gasteiger partial charge in [-0.2, -0.15) is 0 Å². The summed E-state index contributed by atoms with van der Waals surface area (Å²) in [6, 6.07) is 4.34. The Balaban J connectivity index is 2.84. The molecule has 0 bridgehead atoms. The van der Waals surface area contributed by atoms with Crippen LogP contribution in [0.2, 0.25) is 0 Å². The van der Waals surface area contributed by atoms with Crippen LogP contribution in [0.4, 0.5) is 5.69 Å². The molecule has 1 aromatic rings. The molecule has 0 aliphatic rings. The Morgan fingerprint density at radius 2 is 1.90 bits per heavy atom. The van der Waals surface area contributed by atoms with Crippen molar-refractivity contribution in [3.05, 3.63) is 23.8 Å². The van der Waals surface area contributed by atoms with Crippen molar-refractivity contribution in [2.24, 2.45) is 10.9 Å². The maximum Gasteiger partial charge on any atom is 0.243 e. The lowest BCUT2D eigenvalue weighted by molar-refractivity contribution is -0.123. The van der Waals surface area contributed by atoms with Crippen molar-refractivity contribution in [2.75, 3.05) is 18.4 Å². The molecule has 0 saturated carbocycles. The molecular formula is C11H16N4O4S. The molecule has 0 fully saturated rings. The zero-order valence-electron chi connectivity index (χ0n) is 10.8. The molecule has 0 atom stereocenters. The van der Waals surface area contributed by atoms with E-state index in [0.29, 0.717) is 11.3 Å². The van der Waals surface area contributed by atoms with Gasteiger partial charge in [0, 0.05) is 5.69 Å². The van der Waals surface area contributed by atoms with Crippen molar-refractivity contribution in [1.29, 1.82) is 0 Å². The van der Waals surface area contributed by atoms with Crippen LogP contribution in [0.5, 0.6) is 0 Å². The predicted octanol–water partition coefficient (Wildman–Crippen LogP) is -1.34. The molecule has 0 aromatic heterocycles. The fraction of sp³-hybridized carbons (Fsp3) is 0.273. The van der Waals surface area contributed by atoms with Gasteiger partial charge in [0.1, 0.15) is 0 Å². The van der Waals surface area contributed by atoms with Gasteiger partial charge in [0.2, 0.25) is 21.8 Å². The van der Waals surface area contributed by atoms with E-state index in [1.807, 2.05) is 0 Å². The third-order valence-electron chi connectivity index (χ3n) is 2.50. The Morgan fingerprint density at radius 3 is 2.45 bits per heavy atom. The number of hydrogen-bond donors (Lipinski definition) is 4. The molecule has 0 heterocycles. The SMILES string of the molecule is Cc1c(NC(=O)CNC(=O)CN)cccc1S(N)(=O)=O. The van der Waals surface area contributed by atoms with Crippen LogP contribution >= 0.6 is 0 Å². The summed E-state index contributed by atoms with van der Waals surface area (Å²) < 4.78 is 22.7. The number of anilines is 1. The fourth-order valence-corrected chi connectivity index (χ4v) is 2.31. The van der Waals surface area contributed by atoms with Crippen molar-refractivity contribution >= 4 is 27.5 Å². The molecule has 0 aliphatic heterocycles. The van der Waals surface area contributed by atoms with Gasteiger partial charge in [-0.25, -0.2) is 13.6 Å². The number of primary sulfonamides is 1. The standard InChI is InChI=1S/C11H16N4O4S/c1-7-8(3-2-4-9(7)20(13,18)19)15-11(17)6-14-10(16)5-12/h2-4H,5-6,12H2,1H3,(H,14,16)(H,15,17)(H2,13,18,19). The molecule has 20 heavy (non-hydrogen) atoms. The number of sulfonamides is 1. The van der Waals surface area contributed by atoms with Gasteiger partial charge >= 0.3 is 0 Å². The second-order valence-electron chi connectivity index (χ2n) is 4.00. The number of carbonyl (C=O) groups excluding carboxylic acids is 2. The van der Waals surface area contributed by atoms with E-state index >= 15 is 0 Å². The molecule has 1 aromatic carbocycles. The van der Waals surface area contributed by atoms with E-state index < -0.39 is 21.8 Å². The zero-order chi connectivity index (χ0) is 15.3. The summed E-state index contributed by atoms with van der Waals surface area (Å²) >= 11 is 0. The first-order chi connectivity index (χ1) is 9.25. The molecular weight excluding hydrogens is 284 g/mol. The summed E-state index contributed by atoms with van der Waals surface area (Å²) in [6.45, 7) is 1.05. The highest BCUT2D eigenvalue weighted by molar-refractivity contribution is 7.89. The average Bonchev–Trinajstić information content (AvgIpc) is 2.37. The highest BCUT2D eigenvalue weighted by Gasteiger charge is 2.15. The first kappa shape index (κ1) is 16.1. The summed E-state index contributed by atoms with van der Waals surface area (Å²) in [4.78, 5) is 22.4. The third-order valence-corrected chi connectivity index (χ3v) is 3.55. The maximum absolute atomic E-state index is 11.6. The van der Waals surface area contributed by atoms with Gasteiger partial charge in [-0.15, -0.1) is 0 Å². The van der Waals surface area contributed by atoms with E-state index in [1.54, 1.807) is 0 Å². The van der Waals surface area contributed by atoms with Gasteiger partial charge in [0.15, 0.2) is 0 Å². The van der Waals surface area contributed by atoms with Crippen molar-refractivity contribution < 1.29 is 18.0 Å². The minimum Gasteiger partial charge on any atom is -0.346 e. The quantitative estimate of drug-likeness (QED) is 0.531. The van der Waals surface area contributed by atoms with E-state index in [2.05, 4.69) is 10.6 Å². The number of nitrogens with one attached hydrogen (secondary N) is 2. The van der Waals surface area contributed by atoms with Gasteiger partial charge in [-0.1, -0.05) is 6.07 Å². The lowest BCUT2D eigenvalue weighted by atomic mass is 10.2. The molecule has 0 radical (unpaired) electrons.